The van der Waals surface area contributed by atoms with Crippen LogP contribution in [-0.2, 0) is 32.9 Å². The van der Waals surface area contributed by atoms with Gasteiger partial charge in [-0.2, -0.15) is 0 Å². The number of imidazole rings is 1. The number of nitrogens with zero attached hydrogens (tertiary/aromatic N) is 2. The molecule has 0 atom stereocenters. The molecule has 90 valence electrons. The molecule has 0 bridgehead atoms. The molecule has 1 aliphatic carbocycles. The van der Waals surface area contributed by atoms with Crippen LogP contribution >= 0.6 is 0 Å². The quantitative estimate of drug-likeness (QED) is 0.780. The van der Waals surface area contributed by atoms with Gasteiger partial charge in [-0.1, -0.05) is 12.8 Å². The number of aromatic nitrogens is 2. The van der Waals surface area contributed by atoms with Gasteiger partial charge < -0.3 is 5.73 Å². The fraction of sp³-hybridized carbons (Fsp3) is 0.727. The fourth-order valence-corrected chi connectivity index (χ4v) is 2.38. The zero-order valence-corrected chi connectivity index (χ0v) is 11.8. The van der Waals surface area contributed by atoms with E-state index in [1.54, 1.807) is 0 Å². The maximum atomic E-state index is 5.53. The van der Waals surface area contributed by atoms with E-state index in [-0.39, 0.29) is 0 Å². The molecule has 15 heavy (non-hydrogen) atoms. The zero-order chi connectivity index (χ0) is 11.3. The Hall–Kier alpha value is -0.142. The number of hydrogen-bond donors (Lipinski definition) is 1. The van der Waals surface area contributed by atoms with Crippen LogP contribution in [0.1, 0.15) is 32.6 Å². The van der Waals surface area contributed by atoms with Gasteiger partial charge >= 0.3 is 65.2 Å². The average Bonchev–Trinajstić information content (AvgIpc) is 2.80. The fourth-order valence-electron chi connectivity index (χ4n) is 1.68. The van der Waals surface area contributed by atoms with Gasteiger partial charge in [0.25, 0.3) is 0 Å². The largest absolute Gasteiger partial charge is 0.328 e. The van der Waals surface area contributed by atoms with Gasteiger partial charge in [0.2, 0.25) is 0 Å². The Morgan fingerprint density at radius 1 is 1.40 bits per heavy atom. The van der Waals surface area contributed by atoms with Gasteiger partial charge in [-0.15, -0.1) is 0 Å². The summed E-state index contributed by atoms with van der Waals surface area (Å²) in [6.45, 7) is 3.20. The summed E-state index contributed by atoms with van der Waals surface area (Å²) in [6, 6.07) is 0.546. The average molecular weight is 390 g/mol. The van der Waals surface area contributed by atoms with Gasteiger partial charge in [-0.3, -0.25) is 0 Å². The minimum absolute atomic E-state index is 0.546. The Labute approximate surface area is 103 Å². The van der Waals surface area contributed by atoms with Crippen LogP contribution in [0.2, 0.25) is 0 Å². The van der Waals surface area contributed by atoms with Gasteiger partial charge in [0, 0.05) is 6.04 Å². The molecule has 0 saturated heterocycles. The molecule has 0 aromatic carbocycles. The maximum absolute atomic E-state index is 5.53. The minimum atomic E-state index is 0.546. The van der Waals surface area contributed by atoms with Crippen molar-refractivity contribution in [1.29, 1.82) is 0 Å². The molecule has 4 heteroatoms. The molecule has 1 fully saturated rings. The van der Waals surface area contributed by atoms with Crippen LogP contribution in [-0.4, -0.2) is 15.2 Å². The van der Waals surface area contributed by atoms with Crippen molar-refractivity contribution in [3.05, 3.63) is 16.2 Å². The van der Waals surface area contributed by atoms with E-state index in [2.05, 4.69) is 54.9 Å². The first kappa shape index (κ1) is 12.9. The van der Waals surface area contributed by atoms with Crippen molar-refractivity contribution in [3.63, 3.8) is 0 Å². The Bertz CT molecular complexity index is 334. The van der Waals surface area contributed by atoms with Crippen LogP contribution in [0.15, 0.2) is 12.4 Å². The maximum Gasteiger partial charge on any atom is 0.00388 e. The standard InChI is InChI=1S/C6H10N2.C5H11N.Pt/c1-3-8-5-4-7(2)6-8;6-5-3-1-2-4-5;/h4-5H,3H2,1-2H3;5H,1-4,6H2;. The Kier molecular flexibility index (Phi) is 5.55. The molecule has 1 saturated carbocycles. The second kappa shape index (κ2) is 6.44. The summed E-state index contributed by atoms with van der Waals surface area (Å²) in [7, 11) is 2.05. The predicted molar refractivity (Wildman–Crippen MR) is 58.8 cm³/mol. The van der Waals surface area contributed by atoms with Crippen LogP contribution in [0.4, 0.5) is 0 Å². The first-order chi connectivity index (χ1) is 7.15. The van der Waals surface area contributed by atoms with E-state index in [4.69, 9.17) is 5.73 Å². The molecule has 0 amide bonds. The Morgan fingerprint density at radius 2 is 2.00 bits per heavy atom. The molecule has 2 rings (SSSR count). The summed E-state index contributed by atoms with van der Waals surface area (Å²) in [5.74, 6) is 0. The van der Waals surface area contributed by atoms with Crippen molar-refractivity contribution in [2.24, 2.45) is 12.8 Å². The van der Waals surface area contributed by atoms with E-state index < -0.39 is 0 Å². The van der Waals surface area contributed by atoms with E-state index in [1.807, 2.05) is 0 Å². The molecule has 3 nitrogen and oxygen atoms in total. The van der Waals surface area contributed by atoms with Gasteiger partial charge in [-0.25, -0.2) is 0 Å². The summed E-state index contributed by atoms with van der Waals surface area (Å²) >= 11 is 2.31. The molecule has 1 aromatic rings. The third-order valence-corrected chi connectivity index (χ3v) is 4.15. The molecule has 1 aliphatic rings. The Morgan fingerprint density at radius 3 is 2.20 bits per heavy atom. The summed E-state index contributed by atoms with van der Waals surface area (Å²) in [5.41, 5.74) is 5.53. The molecular weight excluding hydrogens is 369 g/mol. The van der Waals surface area contributed by atoms with Gasteiger partial charge in [0.05, 0.1) is 0 Å². The Balaban J connectivity index is 0.000000162. The second-order valence-corrected chi connectivity index (χ2v) is 5.00. The molecular formula is C11H21N3Pt. The minimum Gasteiger partial charge on any atom is -0.328 e. The normalized spacial score (nSPS) is 16.3. The van der Waals surface area contributed by atoms with Crippen LogP contribution in [0.25, 0.3) is 0 Å². The molecule has 0 unspecified atom stereocenters. The van der Waals surface area contributed by atoms with Gasteiger partial charge in [-0.05, 0) is 12.8 Å². The van der Waals surface area contributed by atoms with Gasteiger partial charge in [0.15, 0.2) is 0 Å². The number of hydrogen-bond acceptors (Lipinski definition) is 1. The van der Waals surface area contributed by atoms with E-state index >= 15 is 0 Å². The van der Waals surface area contributed by atoms with Crippen molar-refractivity contribution in [1.82, 2.24) is 9.13 Å². The van der Waals surface area contributed by atoms with Crippen molar-refractivity contribution in [2.45, 2.75) is 45.2 Å². The predicted octanol–water partition coefficient (Wildman–Crippen LogP) is 1.81. The third-order valence-electron chi connectivity index (χ3n) is 2.70. The van der Waals surface area contributed by atoms with Crippen molar-refractivity contribution in [3.8, 4) is 0 Å². The first-order valence-electron chi connectivity index (χ1n) is 5.58. The molecule has 1 heterocycles. The van der Waals surface area contributed by atoms with E-state index in [0.29, 0.717) is 6.04 Å². The summed E-state index contributed by atoms with van der Waals surface area (Å²) in [5, 5.41) is 0. The van der Waals surface area contributed by atoms with Crippen LogP contribution in [0.5, 0.6) is 0 Å². The number of aryl methyl sites for hydroxylation is 2. The SMILES string of the molecule is CCn1ccn(C)[c]1=[Pt].NC1CCCC1. The molecule has 1 aromatic heterocycles. The number of nitrogens with two attached hydrogens (primary N) is 1. The van der Waals surface area contributed by atoms with E-state index in [0.717, 1.165) is 6.54 Å². The monoisotopic (exact) mass is 390 g/mol. The summed E-state index contributed by atoms with van der Waals surface area (Å²) in [4.78, 5) is 0. The summed E-state index contributed by atoms with van der Waals surface area (Å²) in [6.07, 6.45) is 9.40. The van der Waals surface area contributed by atoms with E-state index in [9.17, 15) is 0 Å². The number of rotatable bonds is 1. The van der Waals surface area contributed by atoms with Crippen LogP contribution in [0, 0.1) is 3.80 Å². The van der Waals surface area contributed by atoms with Crippen molar-refractivity contribution < 1.29 is 19.4 Å². The van der Waals surface area contributed by atoms with Crippen molar-refractivity contribution >= 4 is 0 Å². The van der Waals surface area contributed by atoms with Crippen LogP contribution < -0.4 is 5.73 Å². The topological polar surface area (TPSA) is 35.9 Å². The molecule has 0 radical (unpaired) electrons. The van der Waals surface area contributed by atoms with Gasteiger partial charge in [0.1, 0.15) is 0 Å². The summed E-state index contributed by atoms with van der Waals surface area (Å²) < 4.78 is 5.57. The third kappa shape index (κ3) is 4.08. The second-order valence-electron chi connectivity index (χ2n) is 3.98. The molecule has 0 spiro atoms. The smallest absolute Gasteiger partial charge is 0.00388 e. The van der Waals surface area contributed by atoms with Crippen LogP contribution in [0.3, 0.4) is 0 Å². The first-order valence-corrected chi connectivity index (χ1v) is 6.71. The zero-order valence-electron chi connectivity index (χ0n) is 9.56. The molecule has 0 aliphatic heterocycles. The molecule has 2 N–H and O–H groups in total. The van der Waals surface area contributed by atoms with Crippen molar-refractivity contribution in [2.75, 3.05) is 0 Å². The van der Waals surface area contributed by atoms with E-state index in [1.165, 1.54) is 29.5 Å².